The maximum atomic E-state index is 13.2. The Hall–Kier alpha value is -1.48. The lowest BCUT2D eigenvalue weighted by Crippen LogP contribution is -2.22. The molecule has 1 aliphatic heterocycles. The highest BCUT2D eigenvalue weighted by atomic mass is 16.5. The van der Waals surface area contributed by atoms with Crippen LogP contribution < -0.4 is 0 Å². The quantitative estimate of drug-likeness (QED) is 0.754. The summed E-state index contributed by atoms with van der Waals surface area (Å²) in [4.78, 5) is 26.0. The second-order valence-electron chi connectivity index (χ2n) is 7.70. The zero-order valence-electron chi connectivity index (χ0n) is 15.8. The molecule has 2 atom stereocenters. The van der Waals surface area contributed by atoms with Gasteiger partial charge in [0.15, 0.2) is 5.78 Å². The molecule has 136 valence electrons. The fourth-order valence-corrected chi connectivity index (χ4v) is 4.65. The van der Waals surface area contributed by atoms with Crippen LogP contribution in [0.3, 0.4) is 0 Å². The van der Waals surface area contributed by atoms with Crippen molar-refractivity contribution < 1.29 is 14.3 Å². The van der Waals surface area contributed by atoms with Gasteiger partial charge in [-0.25, -0.2) is 0 Å². The molecule has 2 fully saturated rings. The molecule has 3 heteroatoms. The Morgan fingerprint density at radius 3 is 2.20 bits per heavy atom. The predicted octanol–water partition coefficient (Wildman–Crippen LogP) is 4.18. The van der Waals surface area contributed by atoms with Crippen molar-refractivity contribution in [3.05, 3.63) is 34.4 Å². The molecule has 0 amide bonds. The average Bonchev–Trinajstić information content (AvgIpc) is 2.88. The molecular formula is C22H30O3. The van der Waals surface area contributed by atoms with E-state index in [1.54, 1.807) is 0 Å². The maximum absolute atomic E-state index is 13.2. The fourth-order valence-electron chi connectivity index (χ4n) is 4.65. The Morgan fingerprint density at radius 2 is 1.64 bits per heavy atom. The van der Waals surface area contributed by atoms with Crippen molar-refractivity contribution in [3.8, 4) is 0 Å². The number of rotatable bonds is 5. The normalized spacial score (nSPS) is 24.9. The van der Waals surface area contributed by atoms with Crippen LogP contribution in [-0.2, 0) is 27.2 Å². The van der Waals surface area contributed by atoms with Gasteiger partial charge in [0.25, 0.3) is 0 Å². The highest BCUT2D eigenvalue weighted by Crippen LogP contribution is 2.40. The molecule has 2 unspecified atom stereocenters. The summed E-state index contributed by atoms with van der Waals surface area (Å²) >= 11 is 0. The molecule has 1 saturated heterocycles. The lowest BCUT2D eigenvalue weighted by molar-refractivity contribution is -0.125. The minimum absolute atomic E-state index is 0.0867. The summed E-state index contributed by atoms with van der Waals surface area (Å²) in [6.45, 7) is 7.90. The monoisotopic (exact) mass is 342 g/mol. The van der Waals surface area contributed by atoms with Gasteiger partial charge in [0.05, 0.1) is 0 Å². The summed E-state index contributed by atoms with van der Waals surface area (Å²) in [5.41, 5.74) is 4.60. The van der Waals surface area contributed by atoms with E-state index in [-0.39, 0.29) is 17.5 Å². The number of benzene rings is 1. The maximum Gasteiger partial charge on any atom is 0.151 e. The van der Waals surface area contributed by atoms with E-state index in [0.717, 1.165) is 50.9 Å². The molecule has 3 nitrogen and oxygen atoms in total. The van der Waals surface area contributed by atoms with Crippen LogP contribution >= 0.6 is 0 Å². The molecule has 1 saturated carbocycles. The highest BCUT2D eigenvalue weighted by molar-refractivity contribution is 6.15. The number of hydrogen-bond acceptors (Lipinski definition) is 3. The van der Waals surface area contributed by atoms with Crippen LogP contribution in [0.15, 0.2) is 12.1 Å². The van der Waals surface area contributed by atoms with E-state index in [1.165, 1.54) is 16.7 Å². The van der Waals surface area contributed by atoms with Crippen LogP contribution in [0.4, 0.5) is 0 Å². The SMILES string of the molecule is CCc1cc(C)cc(CC)c1C1C(=O)CC(CC2CCOCC2)C1=O. The van der Waals surface area contributed by atoms with E-state index < -0.39 is 5.92 Å². The first-order chi connectivity index (χ1) is 12.0. The first-order valence-electron chi connectivity index (χ1n) is 9.81. The van der Waals surface area contributed by atoms with Gasteiger partial charge in [0, 0.05) is 25.6 Å². The first kappa shape index (κ1) is 18.3. The molecule has 0 bridgehead atoms. The third-order valence-electron chi connectivity index (χ3n) is 5.96. The van der Waals surface area contributed by atoms with Crippen molar-refractivity contribution in [2.75, 3.05) is 13.2 Å². The zero-order valence-corrected chi connectivity index (χ0v) is 15.8. The van der Waals surface area contributed by atoms with Crippen molar-refractivity contribution in [2.45, 2.75) is 65.2 Å². The number of hydrogen-bond donors (Lipinski definition) is 0. The highest BCUT2D eigenvalue weighted by Gasteiger charge is 2.44. The Labute approximate surface area is 151 Å². The van der Waals surface area contributed by atoms with Crippen LogP contribution in [-0.4, -0.2) is 24.8 Å². The Kier molecular flexibility index (Phi) is 5.73. The minimum atomic E-state index is -0.518. The van der Waals surface area contributed by atoms with Gasteiger partial charge in [-0.05, 0) is 61.6 Å². The Bertz CT molecular complexity index is 630. The third kappa shape index (κ3) is 3.72. The van der Waals surface area contributed by atoms with Crippen molar-refractivity contribution >= 4 is 11.6 Å². The molecule has 2 aliphatic rings. The summed E-state index contributed by atoms with van der Waals surface area (Å²) < 4.78 is 5.42. The van der Waals surface area contributed by atoms with Crippen molar-refractivity contribution in [1.29, 1.82) is 0 Å². The molecule has 1 aliphatic carbocycles. The number of ketones is 2. The van der Waals surface area contributed by atoms with Gasteiger partial charge < -0.3 is 4.74 Å². The van der Waals surface area contributed by atoms with Crippen LogP contribution in [0.2, 0.25) is 0 Å². The van der Waals surface area contributed by atoms with Crippen molar-refractivity contribution in [1.82, 2.24) is 0 Å². The van der Waals surface area contributed by atoms with Crippen LogP contribution in [0, 0.1) is 18.8 Å². The minimum Gasteiger partial charge on any atom is -0.381 e. The summed E-state index contributed by atoms with van der Waals surface area (Å²) in [7, 11) is 0. The lowest BCUT2D eigenvalue weighted by atomic mass is 9.82. The smallest absolute Gasteiger partial charge is 0.151 e. The van der Waals surface area contributed by atoms with E-state index >= 15 is 0 Å². The van der Waals surface area contributed by atoms with Gasteiger partial charge in [-0.2, -0.15) is 0 Å². The Balaban J connectivity index is 1.87. The molecule has 0 N–H and O–H groups in total. The van der Waals surface area contributed by atoms with E-state index in [9.17, 15) is 9.59 Å². The van der Waals surface area contributed by atoms with Gasteiger partial charge >= 0.3 is 0 Å². The van der Waals surface area contributed by atoms with E-state index in [4.69, 9.17) is 4.74 Å². The molecule has 0 aromatic heterocycles. The van der Waals surface area contributed by atoms with E-state index in [2.05, 4.69) is 32.9 Å². The lowest BCUT2D eigenvalue weighted by Gasteiger charge is -2.24. The number of Topliss-reactive ketones (excluding diaryl/α,β-unsaturated/α-hetero) is 2. The van der Waals surface area contributed by atoms with Gasteiger partial charge in [0.2, 0.25) is 0 Å². The third-order valence-corrected chi connectivity index (χ3v) is 5.96. The topological polar surface area (TPSA) is 43.4 Å². The summed E-state index contributed by atoms with van der Waals surface area (Å²) in [6.07, 6.45) is 5.07. The molecule has 25 heavy (non-hydrogen) atoms. The molecule has 3 rings (SSSR count). The number of aryl methyl sites for hydroxylation is 3. The molecular weight excluding hydrogens is 312 g/mol. The van der Waals surface area contributed by atoms with Crippen LogP contribution in [0.5, 0.6) is 0 Å². The summed E-state index contributed by atoms with van der Waals surface area (Å²) in [5.74, 6) is 0.232. The van der Waals surface area contributed by atoms with E-state index in [0.29, 0.717) is 12.3 Å². The first-order valence-corrected chi connectivity index (χ1v) is 9.81. The number of carbonyl (C=O) groups excluding carboxylic acids is 2. The molecule has 1 aromatic carbocycles. The van der Waals surface area contributed by atoms with Gasteiger partial charge in [-0.1, -0.05) is 31.5 Å². The molecule has 1 heterocycles. The van der Waals surface area contributed by atoms with Gasteiger partial charge in [-0.3, -0.25) is 9.59 Å². The zero-order chi connectivity index (χ0) is 18.0. The van der Waals surface area contributed by atoms with E-state index in [1.807, 2.05) is 0 Å². The van der Waals surface area contributed by atoms with Gasteiger partial charge in [0.1, 0.15) is 11.7 Å². The second kappa shape index (κ2) is 7.82. The number of ether oxygens (including phenoxy) is 1. The van der Waals surface area contributed by atoms with Crippen molar-refractivity contribution in [3.63, 3.8) is 0 Å². The predicted molar refractivity (Wildman–Crippen MR) is 99.0 cm³/mol. The van der Waals surface area contributed by atoms with Crippen LogP contribution in [0.25, 0.3) is 0 Å². The average molecular weight is 342 g/mol. The molecule has 1 aromatic rings. The fraction of sp³-hybridized carbons (Fsp3) is 0.636. The second-order valence-corrected chi connectivity index (χ2v) is 7.70. The van der Waals surface area contributed by atoms with Crippen molar-refractivity contribution in [2.24, 2.45) is 11.8 Å². The Morgan fingerprint density at radius 1 is 1.04 bits per heavy atom. The largest absolute Gasteiger partial charge is 0.381 e. The molecule has 0 radical (unpaired) electrons. The van der Waals surface area contributed by atoms with Crippen LogP contribution in [0.1, 0.15) is 67.7 Å². The van der Waals surface area contributed by atoms with Gasteiger partial charge in [-0.15, -0.1) is 0 Å². The summed E-state index contributed by atoms with van der Waals surface area (Å²) in [6, 6.07) is 4.31. The summed E-state index contributed by atoms with van der Waals surface area (Å²) in [5, 5.41) is 0. The molecule has 0 spiro atoms. The number of carbonyl (C=O) groups is 2. The standard InChI is InChI=1S/C22H30O3/c1-4-16-10-14(3)11-17(5-2)20(16)21-19(23)13-18(22(21)24)12-15-6-8-25-9-7-15/h10-11,15,18,21H,4-9,12-13H2,1-3H3.